The Morgan fingerprint density at radius 1 is 1.50 bits per heavy atom. The molecule has 0 spiro atoms. The molecule has 0 aliphatic heterocycles. The van der Waals surface area contributed by atoms with Crippen LogP contribution in [0.5, 0.6) is 0 Å². The van der Waals surface area contributed by atoms with Crippen LogP contribution < -0.4 is 11.1 Å². The fraction of sp³-hybridized carbons (Fsp3) is 0.778. The summed E-state index contributed by atoms with van der Waals surface area (Å²) >= 11 is 0. The van der Waals surface area contributed by atoms with Gasteiger partial charge < -0.3 is 16.0 Å². The smallest absolute Gasteiger partial charge is 0.239 e. The SMILES string of the molecule is CCCNC(=O)CN(C)C(=O)[C@H](C)N. The van der Waals surface area contributed by atoms with Gasteiger partial charge in [0, 0.05) is 13.6 Å². The van der Waals surface area contributed by atoms with Crippen molar-refractivity contribution in [2.24, 2.45) is 5.73 Å². The maximum Gasteiger partial charge on any atom is 0.239 e. The van der Waals surface area contributed by atoms with Gasteiger partial charge in [0.2, 0.25) is 11.8 Å². The summed E-state index contributed by atoms with van der Waals surface area (Å²) in [7, 11) is 1.57. The zero-order valence-electron chi connectivity index (χ0n) is 9.04. The highest BCUT2D eigenvalue weighted by Crippen LogP contribution is 1.88. The van der Waals surface area contributed by atoms with Crippen LogP contribution in [0.3, 0.4) is 0 Å². The minimum atomic E-state index is -0.557. The van der Waals surface area contributed by atoms with E-state index in [1.54, 1.807) is 14.0 Å². The minimum Gasteiger partial charge on any atom is -0.355 e. The number of likely N-dealkylation sites (N-methyl/N-ethyl adjacent to an activating group) is 1. The summed E-state index contributed by atoms with van der Waals surface area (Å²) in [6, 6.07) is -0.557. The summed E-state index contributed by atoms with van der Waals surface area (Å²) in [5, 5.41) is 2.68. The topological polar surface area (TPSA) is 75.4 Å². The van der Waals surface area contributed by atoms with Crippen molar-refractivity contribution >= 4 is 11.8 Å². The number of carbonyl (C=O) groups excluding carboxylic acids is 2. The van der Waals surface area contributed by atoms with Crippen LogP contribution in [0.15, 0.2) is 0 Å². The first-order valence-electron chi connectivity index (χ1n) is 4.76. The van der Waals surface area contributed by atoms with Gasteiger partial charge in [-0.1, -0.05) is 6.92 Å². The quantitative estimate of drug-likeness (QED) is 0.618. The van der Waals surface area contributed by atoms with Crippen molar-refractivity contribution in [3.8, 4) is 0 Å². The summed E-state index contributed by atoms with van der Waals surface area (Å²) in [4.78, 5) is 23.8. The molecule has 3 N–H and O–H groups in total. The van der Waals surface area contributed by atoms with Crippen LogP contribution >= 0.6 is 0 Å². The van der Waals surface area contributed by atoms with Gasteiger partial charge in [-0.05, 0) is 13.3 Å². The molecule has 82 valence electrons. The predicted molar refractivity (Wildman–Crippen MR) is 54.6 cm³/mol. The highest BCUT2D eigenvalue weighted by atomic mass is 16.2. The third-order valence-corrected chi connectivity index (χ3v) is 1.72. The van der Waals surface area contributed by atoms with Gasteiger partial charge in [0.25, 0.3) is 0 Å². The lowest BCUT2D eigenvalue weighted by Crippen LogP contribution is -2.44. The van der Waals surface area contributed by atoms with Gasteiger partial charge in [-0.15, -0.1) is 0 Å². The fourth-order valence-corrected chi connectivity index (χ4v) is 0.961. The Balaban J connectivity index is 3.87. The molecule has 0 aromatic rings. The lowest BCUT2D eigenvalue weighted by atomic mass is 10.3. The lowest BCUT2D eigenvalue weighted by Gasteiger charge is -2.18. The molecule has 0 saturated heterocycles. The highest BCUT2D eigenvalue weighted by molar-refractivity contribution is 5.86. The van der Waals surface area contributed by atoms with Crippen LogP contribution in [-0.4, -0.2) is 42.9 Å². The molecule has 0 rings (SSSR count). The monoisotopic (exact) mass is 201 g/mol. The molecule has 0 aromatic carbocycles. The average Bonchev–Trinajstić information content (AvgIpc) is 2.13. The first-order chi connectivity index (χ1) is 6.49. The molecule has 5 nitrogen and oxygen atoms in total. The Bertz CT molecular complexity index is 204. The highest BCUT2D eigenvalue weighted by Gasteiger charge is 2.15. The summed E-state index contributed by atoms with van der Waals surface area (Å²) in [6.07, 6.45) is 0.886. The van der Waals surface area contributed by atoms with Crippen molar-refractivity contribution in [2.75, 3.05) is 20.1 Å². The first kappa shape index (κ1) is 12.9. The van der Waals surface area contributed by atoms with E-state index >= 15 is 0 Å². The zero-order valence-corrected chi connectivity index (χ0v) is 9.04. The van der Waals surface area contributed by atoms with Gasteiger partial charge >= 0.3 is 0 Å². The summed E-state index contributed by atoms with van der Waals surface area (Å²) in [6.45, 7) is 4.28. The molecule has 0 aliphatic carbocycles. The second-order valence-corrected chi connectivity index (χ2v) is 3.33. The Kier molecular flexibility index (Phi) is 5.87. The van der Waals surface area contributed by atoms with Crippen LogP contribution in [-0.2, 0) is 9.59 Å². The molecular formula is C9H19N3O2. The Morgan fingerprint density at radius 3 is 2.50 bits per heavy atom. The van der Waals surface area contributed by atoms with Crippen molar-refractivity contribution in [2.45, 2.75) is 26.3 Å². The molecule has 0 unspecified atom stereocenters. The first-order valence-corrected chi connectivity index (χ1v) is 4.76. The summed E-state index contributed by atoms with van der Waals surface area (Å²) < 4.78 is 0. The second kappa shape index (κ2) is 6.37. The van der Waals surface area contributed by atoms with Gasteiger partial charge in [-0.25, -0.2) is 0 Å². The predicted octanol–water partition coefficient (Wildman–Crippen LogP) is -0.682. The molecule has 0 saturated carbocycles. The molecule has 0 fully saturated rings. The Morgan fingerprint density at radius 2 is 2.07 bits per heavy atom. The van der Waals surface area contributed by atoms with E-state index in [1.165, 1.54) is 4.90 Å². The maximum absolute atomic E-state index is 11.3. The molecule has 5 heteroatoms. The molecular weight excluding hydrogens is 182 g/mol. The van der Waals surface area contributed by atoms with Crippen LogP contribution in [0, 0.1) is 0 Å². The number of nitrogens with one attached hydrogen (secondary N) is 1. The second-order valence-electron chi connectivity index (χ2n) is 3.33. The van der Waals surface area contributed by atoms with E-state index in [-0.39, 0.29) is 18.4 Å². The number of hydrogen-bond acceptors (Lipinski definition) is 3. The molecule has 0 bridgehead atoms. The van der Waals surface area contributed by atoms with E-state index in [0.717, 1.165) is 6.42 Å². The van der Waals surface area contributed by atoms with E-state index in [0.29, 0.717) is 6.54 Å². The number of nitrogens with zero attached hydrogens (tertiary/aromatic N) is 1. The molecule has 0 radical (unpaired) electrons. The van der Waals surface area contributed by atoms with Crippen molar-refractivity contribution < 1.29 is 9.59 Å². The van der Waals surface area contributed by atoms with Crippen molar-refractivity contribution in [1.29, 1.82) is 0 Å². The third-order valence-electron chi connectivity index (χ3n) is 1.72. The van der Waals surface area contributed by atoms with Gasteiger partial charge in [0.1, 0.15) is 0 Å². The van der Waals surface area contributed by atoms with Crippen molar-refractivity contribution in [3.05, 3.63) is 0 Å². The van der Waals surface area contributed by atoms with Crippen LogP contribution in [0.25, 0.3) is 0 Å². The van der Waals surface area contributed by atoms with E-state index in [2.05, 4.69) is 5.32 Å². The molecule has 14 heavy (non-hydrogen) atoms. The van der Waals surface area contributed by atoms with Gasteiger partial charge in [-0.3, -0.25) is 9.59 Å². The van der Waals surface area contributed by atoms with E-state index in [9.17, 15) is 9.59 Å². The Hall–Kier alpha value is -1.10. The lowest BCUT2D eigenvalue weighted by molar-refractivity contribution is -0.135. The molecule has 1 atom stereocenters. The fourth-order valence-electron chi connectivity index (χ4n) is 0.961. The van der Waals surface area contributed by atoms with E-state index < -0.39 is 6.04 Å². The van der Waals surface area contributed by atoms with Gasteiger partial charge in [0.15, 0.2) is 0 Å². The van der Waals surface area contributed by atoms with Crippen molar-refractivity contribution in [3.63, 3.8) is 0 Å². The third kappa shape index (κ3) is 4.81. The van der Waals surface area contributed by atoms with Crippen LogP contribution in [0.4, 0.5) is 0 Å². The average molecular weight is 201 g/mol. The van der Waals surface area contributed by atoms with E-state index in [1.807, 2.05) is 6.92 Å². The number of nitrogens with two attached hydrogens (primary N) is 1. The van der Waals surface area contributed by atoms with Crippen LogP contribution in [0.2, 0.25) is 0 Å². The van der Waals surface area contributed by atoms with Gasteiger partial charge in [-0.2, -0.15) is 0 Å². The Labute approximate surface area is 84.6 Å². The normalized spacial score (nSPS) is 12.0. The summed E-state index contributed by atoms with van der Waals surface area (Å²) in [5.41, 5.74) is 5.39. The van der Waals surface area contributed by atoms with Gasteiger partial charge in [0.05, 0.1) is 12.6 Å². The molecule has 0 aliphatic rings. The molecule has 2 amide bonds. The van der Waals surface area contributed by atoms with Crippen LogP contribution in [0.1, 0.15) is 20.3 Å². The number of amides is 2. The number of carbonyl (C=O) groups is 2. The largest absolute Gasteiger partial charge is 0.355 e. The number of hydrogen-bond donors (Lipinski definition) is 2. The van der Waals surface area contributed by atoms with E-state index in [4.69, 9.17) is 5.73 Å². The molecule has 0 heterocycles. The number of rotatable bonds is 5. The minimum absolute atomic E-state index is 0.0698. The standard InChI is InChI=1S/C9H19N3O2/c1-4-5-11-8(13)6-12(3)9(14)7(2)10/h7H,4-6,10H2,1-3H3,(H,11,13)/t7-/m0/s1. The zero-order chi connectivity index (χ0) is 11.1. The molecule has 0 aromatic heterocycles. The summed E-state index contributed by atoms with van der Waals surface area (Å²) in [5.74, 6) is -0.375. The maximum atomic E-state index is 11.3. The van der Waals surface area contributed by atoms with Crippen molar-refractivity contribution in [1.82, 2.24) is 10.2 Å².